The van der Waals surface area contributed by atoms with Crippen LogP contribution in [0.15, 0.2) is 65.7 Å². The third-order valence-corrected chi connectivity index (χ3v) is 8.47. The zero-order valence-electron chi connectivity index (χ0n) is 20.0. The Morgan fingerprint density at radius 2 is 1.83 bits per heavy atom. The minimum Gasteiger partial charge on any atom is -0.348 e. The molecule has 35 heavy (non-hydrogen) atoms. The van der Waals surface area contributed by atoms with Crippen LogP contribution in [0.5, 0.6) is 0 Å². The Morgan fingerprint density at radius 1 is 1.09 bits per heavy atom. The van der Waals surface area contributed by atoms with Crippen molar-refractivity contribution < 1.29 is 4.79 Å². The maximum atomic E-state index is 13.3. The molecule has 1 aliphatic carbocycles. The second-order valence-electron chi connectivity index (χ2n) is 8.96. The first-order valence-electron chi connectivity index (χ1n) is 12.0. The molecule has 1 N–H and O–H groups in total. The number of rotatable bonds is 6. The molecule has 0 saturated carbocycles. The first-order chi connectivity index (χ1) is 17.0. The highest BCUT2D eigenvalue weighted by molar-refractivity contribution is 14.1. The maximum Gasteiger partial charge on any atom is 0.254 e. The monoisotopic (exact) mass is 593 g/mol. The molecule has 178 valence electrons. The Hall–Kier alpha value is -2.71. The summed E-state index contributed by atoms with van der Waals surface area (Å²) in [5.41, 5.74) is 7.58. The Morgan fingerprint density at radius 3 is 2.60 bits per heavy atom. The first kappa shape index (κ1) is 24.0. The van der Waals surface area contributed by atoms with Crippen molar-refractivity contribution in [2.24, 2.45) is 4.99 Å². The van der Waals surface area contributed by atoms with Crippen molar-refractivity contribution in [2.45, 2.75) is 46.1 Å². The van der Waals surface area contributed by atoms with E-state index >= 15 is 0 Å². The fourth-order valence-electron chi connectivity index (χ4n) is 4.78. The lowest BCUT2D eigenvalue weighted by molar-refractivity contribution is 0.0951. The molecular formula is C29H28IN3OS. The van der Waals surface area contributed by atoms with Gasteiger partial charge in [0.2, 0.25) is 0 Å². The number of aromatic nitrogens is 1. The largest absolute Gasteiger partial charge is 0.348 e. The van der Waals surface area contributed by atoms with Crippen molar-refractivity contribution >= 4 is 51.1 Å². The Labute approximate surface area is 224 Å². The van der Waals surface area contributed by atoms with Crippen LogP contribution in [-0.4, -0.2) is 16.7 Å². The van der Waals surface area contributed by atoms with Crippen molar-refractivity contribution in [3.05, 3.63) is 103 Å². The van der Waals surface area contributed by atoms with Crippen molar-refractivity contribution in [3.63, 3.8) is 0 Å². The van der Waals surface area contributed by atoms with Crippen molar-refractivity contribution in [1.82, 2.24) is 9.88 Å². The van der Waals surface area contributed by atoms with Crippen LogP contribution in [0, 0.1) is 17.4 Å². The van der Waals surface area contributed by atoms with Crippen LogP contribution < -0.4 is 5.32 Å². The van der Waals surface area contributed by atoms with Gasteiger partial charge in [0.15, 0.2) is 0 Å². The van der Waals surface area contributed by atoms with Gasteiger partial charge in [0.1, 0.15) is 5.00 Å². The van der Waals surface area contributed by atoms with Crippen LogP contribution in [0.2, 0.25) is 0 Å². The standard InChI is InChI=1S/C29H28IN3OS/c1-19-16-22(20(2)33(19)24-14-12-23(30)13-15-24)18-32-29-27(25-10-6-7-11-26(25)35-29)28(34)31-17-21-8-4-3-5-9-21/h3-5,8-9,12-16,18H,6-7,10-11,17H2,1-2H3,(H,31,34). The summed E-state index contributed by atoms with van der Waals surface area (Å²) < 4.78 is 3.47. The third-order valence-electron chi connectivity index (χ3n) is 6.55. The van der Waals surface area contributed by atoms with E-state index in [9.17, 15) is 4.79 Å². The molecule has 6 heteroatoms. The third kappa shape index (κ3) is 5.14. The quantitative estimate of drug-likeness (QED) is 0.185. The zero-order chi connectivity index (χ0) is 24.4. The molecule has 1 amide bonds. The molecule has 4 nitrogen and oxygen atoms in total. The van der Waals surface area contributed by atoms with Gasteiger partial charge in [-0.05, 0) is 104 Å². The molecule has 0 saturated heterocycles. The summed E-state index contributed by atoms with van der Waals surface area (Å²) in [6.45, 7) is 4.76. The Kier molecular flexibility index (Phi) is 7.20. The number of carbonyl (C=O) groups excluding carboxylic acids is 1. The molecule has 2 aromatic heterocycles. The van der Waals surface area contributed by atoms with Gasteiger partial charge >= 0.3 is 0 Å². The Bertz CT molecular complexity index is 1380. The van der Waals surface area contributed by atoms with Gasteiger partial charge in [-0.15, -0.1) is 11.3 Å². The van der Waals surface area contributed by atoms with Crippen LogP contribution in [0.1, 0.15) is 56.2 Å². The SMILES string of the molecule is Cc1cc(C=Nc2sc3c(c2C(=O)NCc2ccccc2)CCCC3)c(C)n1-c1ccc(I)cc1. The summed E-state index contributed by atoms with van der Waals surface area (Å²) in [5.74, 6) is -0.0234. The second-order valence-corrected chi connectivity index (χ2v) is 11.3. The molecule has 0 aliphatic heterocycles. The van der Waals surface area contributed by atoms with Gasteiger partial charge in [-0.2, -0.15) is 0 Å². The highest BCUT2D eigenvalue weighted by Crippen LogP contribution is 2.40. The molecule has 4 aromatic rings. The van der Waals surface area contributed by atoms with E-state index in [4.69, 9.17) is 4.99 Å². The summed E-state index contributed by atoms with van der Waals surface area (Å²) >= 11 is 4.01. The van der Waals surface area contributed by atoms with Gasteiger partial charge in [-0.3, -0.25) is 4.79 Å². The van der Waals surface area contributed by atoms with Gasteiger partial charge in [0.25, 0.3) is 5.91 Å². The number of halogens is 1. The highest BCUT2D eigenvalue weighted by Gasteiger charge is 2.25. The summed E-state index contributed by atoms with van der Waals surface area (Å²) in [5, 5.41) is 3.95. The van der Waals surface area contributed by atoms with E-state index in [0.717, 1.165) is 58.0 Å². The topological polar surface area (TPSA) is 46.4 Å². The van der Waals surface area contributed by atoms with Gasteiger partial charge in [0.05, 0.1) is 5.56 Å². The number of nitrogens with zero attached hydrogens (tertiary/aromatic N) is 2. The molecule has 0 spiro atoms. The van der Waals surface area contributed by atoms with E-state index in [-0.39, 0.29) is 5.91 Å². The summed E-state index contributed by atoms with van der Waals surface area (Å²) in [4.78, 5) is 19.6. The lowest BCUT2D eigenvalue weighted by Gasteiger charge is -2.12. The number of thiophene rings is 1. The first-order valence-corrected chi connectivity index (χ1v) is 13.9. The number of benzene rings is 2. The number of fused-ring (bicyclic) bond motifs is 1. The summed E-state index contributed by atoms with van der Waals surface area (Å²) in [6.07, 6.45) is 6.23. The molecule has 0 radical (unpaired) electrons. The van der Waals surface area contributed by atoms with E-state index < -0.39 is 0 Å². The molecule has 5 rings (SSSR count). The van der Waals surface area contributed by atoms with Gasteiger partial charge in [0, 0.05) is 43.8 Å². The molecule has 2 heterocycles. The zero-order valence-corrected chi connectivity index (χ0v) is 22.9. The normalized spacial score (nSPS) is 13.2. The number of hydrogen-bond acceptors (Lipinski definition) is 3. The number of aryl methyl sites for hydroxylation is 2. The number of amides is 1. The number of nitrogens with one attached hydrogen (secondary N) is 1. The van der Waals surface area contributed by atoms with E-state index in [0.29, 0.717) is 6.54 Å². The minimum absolute atomic E-state index is 0.0234. The number of carbonyl (C=O) groups is 1. The predicted molar refractivity (Wildman–Crippen MR) is 154 cm³/mol. The maximum absolute atomic E-state index is 13.3. The average molecular weight is 594 g/mol. The van der Waals surface area contributed by atoms with E-state index in [1.807, 2.05) is 36.5 Å². The summed E-state index contributed by atoms with van der Waals surface area (Å²) in [6, 6.07) is 20.8. The van der Waals surface area contributed by atoms with Crippen molar-refractivity contribution in [2.75, 3.05) is 0 Å². The fraction of sp³-hybridized carbons (Fsp3) is 0.241. The second kappa shape index (κ2) is 10.5. The molecule has 2 aromatic carbocycles. The minimum atomic E-state index is -0.0234. The van der Waals surface area contributed by atoms with E-state index in [1.165, 1.54) is 20.4 Å². The van der Waals surface area contributed by atoms with Crippen molar-refractivity contribution in [1.29, 1.82) is 0 Å². The van der Waals surface area contributed by atoms with Gasteiger partial charge < -0.3 is 9.88 Å². The smallest absolute Gasteiger partial charge is 0.254 e. The van der Waals surface area contributed by atoms with Crippen LogP contribution >= 0.6 is 33.9 Å². The van der Waals surface area contributed by atoms with Gasteiger partial charge in [-0.1, -0.05) is 30.3 Å². The molecule has 1 aliphatic rings. The van der Waals surface area contributed by atoms with Gasteiger partial charge in [-0.25, -0.2) is 4.99 Å². The predicted octanol–water partition coefficient (Wildman–Crippen LogP) is 7.32. The van der Waals surface area contributed by atoms with Crippen LogP contribution in [-0.2, 0) is 19.4 Å². The van der Waals surface area contributed by atoms with Crippen LogP contribution in [0.25, 0.3) is 5.69 Å². The highest BCUT2D eigenvalue weighted by atomic mass is 127. The van der Waals surface area contributed by atoms with Crippen LogP contribution in [0.4, 0.5) is 5.00 Å². The van der Waals surface area contributed by atoms with E-state index in [1.54, 1.807) is 11.3 Å². The molecule has 0 unspecified atom stereocenters. The lowest BCUT2D eigenvalue weighted by Crippen LogP contribution is -2.24. The number of hydrogen-bond donors (Lipinski definition) is 1. The Balaban J connectivity index is 1.45. The molecule has 0 fully saturated rings. The average Bonchev–Trinajstić information content (AvgIpc) is 3.38. The molecular weight excluding hydrogens is 565 g/mol. The number of aliphatic imine (C=N–C) groups is 1. The molecule has 0 bridgehead atoms. The fourth-order valence-corrected chi connectivity index (χ4v) is 6.37. The van der Waals surface area contributed by atoms with Crippen LogP contribution in [0.3, 0.4) is 0 Å². The van der Waals surface area contributed by atoms with E-state index in [2.05, 4.69) is 76.7 Å². The molecule has 0 atom stereocenters. The lowest BCUT2D eigenvalue weighted by atomic mass is 9.95. The summed E-state index contributed by atoms with van der Waals surface area (Å²) in [7, 11) is 0. The van der Waals surface area contributed by atoms with Crippen molar-refractivity contribution in [3.8, 4) is 5.69 Å².